The molecule has 2 fully saturated rings. The molecule has 4 heterocycles. The molecule has 2 atom stereocenters. The van der Waals surface area contributed by atoms with Gasteiger partial charge in [0.1, 0.15) is 0 Å². The number of hydrogen-bond donors (Lipinski definition) is 0. The predicted molar refractivity (Wildman–Crippen MR) is 113 cm³/mol. The number of unbranched alkanes of at least 4 members (excludes halogenated alkanes) is 3. The van der Waals surface area contributed by atoms with Gasteiger partial charge in [0, 0.05) is 0 Å². The molecule has 0 spiro atoms. The first-order valence-corrected chi connectivity index (χ1v) is 11.8. The second-order valence-corrected chi connectivity index (χ2v) is 8.87. The monoisotopic (exact) mass is 416 g/mol. The van der Waals surface area contributed by atoms with Crippen LogP contribution in [0.25, 0.3) is 0 Å². The third-order valence-electron chi connectivity index (χ3n) is 6.52. The smallest absolute Gasteiger partial charge is 0.243 e. The first-order chi connectivity index (χ1) is 14.7. The maximum Gasteiger partial charge on any atom is 0.243 e. The Balaban J connectivity index is 1.17. The molecule has 2 aliphatic rings. The first-order valence-electron chi connectivity index (χ1n) is 11.8. The van der Waals surface area contributed by atoms with E-state index in [1.54, 1.807) is 0 Å². The number of likely N-dealkylation sites (tertiary alicyclic amines) is 2. The van der Waals surface area contributed by atoms with Crippen molar-refractivity contribution in [2.24, 2.45) is 0 Å². The summed E-state index contributed by atoms with van der Waals surface area (Å²) in [5.41, 5.74) is 0. The van der Waals surface area contributed by atoms with Crippen molar-refractivity contribution in [1.29, 1.82) is 0 Å². The minimum absolute atomic E-state index is 0.312. The van der Waals surface area contributed by atoms with E-state index in [0.29, 0.717) is 12.1 Å². The molecule has 2 saturated heterocycles. The Morgan fingerprint density at radius 3 is 1.57 bits per heavy atom. The molecule has 0 N–H and O–H groups in total. The molecule has 2 aromatic rings. The molecule has 4 rings (SSSR count). The van der Waals surface area contributed by atoms with Gasteiger partial charge in [-0.05, 0) is 78.6 Å². The first kappa shape index (κ1) is 21.4. The molecule has 0 saturated carbocycles. The van der Waals surface area contributed by atoms with E-state index >= 15 is 0 Å². The summed E-state index contributed by atoms with van der Waals surface area (Å²) in [7, 11) is 0. The SMILES string of the molecule is Cc1noc(C2CCCCN2CCCCCCN2CCCCC2c2nc(C)no2)n1. The van der Waals surface area contributed by atoms with Crippen molar-refractivity contribution < 1.29 is 9.05 Å². The minimum Gasteiger partial charge on any atom is -0.338 e. The highest BCUT2D eigenvalue weighted by Crippen LogP contribution is 2.31. The van der Waals surface area contributed by atoms with Gasteiger partial charge in [0.15, 0.2) is 11.6 Å². The van der Waals surface area contributed by atoms with E-state index in [4.69, 9.17) is 9.05 Å². The lowest BCUT2D eigenvalue weighted by Gasteiger charge is -2.34. The van der Waals surface area contributed by atoms with E-state index in [0.717, 1.165) is 62.5 Å². The zero-order chi connectivity index (χ0) is 20.8. The van der Waals surface area contributed by atoms with Crippen molar-refractivity contribution >= 4 is 0 Å². The average Bonchev–Trinajstić information content (AvgIpc) is 3.39. The summed E-state index contributed by atoms with van der Waals surface area (Å²) in [5.74, 6) is 3.09. The van der Waals surface area contributed by atoms with Crippen molar-refractivity contribution in [3.8, 4) is 0 Å². The van der Waals surface area contributed by atoms with E-state index in [2.05, 4.69) is 30.1 Å². The summed E-state index contributed by atoms with van der Waals surface area (Å²) >= 11 is 0. The van der Waals surface area contributed by atoms with Gasteiger partial charge >= 0.3 is 0 Å². The number of rotatable bonds is 9. The Labute approximate surface area is 179 Å². The summed E-state index contributed by atoms with van der Waals surface area (Å²) in [6.45, 7) is 8.33. The van der Waals surface area contributed by atoms with Gasteiger partial charge in [-0.25, -0.2) is 0 Å². The molecule has 0 aliphatic carbocycles. The quantitative estimate of drug-likeness (QED) is 0.557. The zero-order valence-electron chi connectivity index (χ0n) is 18.6. The van der Waals surface area contributed by atoms with Crippen LogP contribution >= 0.6 is 0 Å². The molecule has 8 heteroatoms. The van der Waals surface area contributed by atoms with E-state index < -0.39 is 0 Å². The molecule has 2 unspecified atom stereocenters. The van der Waals surface area contributed by atoms with Gasteiger partial charge in [0.25, 0.3) is 0 Å². The van der Waals surface area contributed by atoms with Crippen molar-refractivity contribution in [3.05, 3.63) is 23.4 Å². The molecule has 0 bridgehead atoms. The zero-order valence-corrected chi connectivity index (χ0v) is 18.6. The van der Waals surface area contributed by atoms with E-state index in [-0.39, 0.29) is 0 Å². The van der Waals surface area contributed by atoms with Crippen LogP contribution in [0.1, 0.15) is 99.7 Å². The summed E-state index contributed by atoms with van der Waals surface area (Å²) in [6, 6.07) is 0.624. The van der Waals surface area contributed by atoms with Crippen molar-refractivity contribution in [2.75, 3.05) is 26.2 Å². The largest absolute Gasteiger partial charge is 0.338 e. The Morgan fingerprint density at radius 2 is 1.17 bits per heavy atom. The molecular formula is C22H36N6O2. The number of aryl methyl sites for hydroxylation is 2. The van der Waals surface area contributed by atoms with Crippen LogP contribution < -0.4 is 0 Å². The average molecular weight is 417 g/mol. The van der Waals surface area contributed by atoms with E-state index in [1.807, 2.05) is 13.8 Å². The van der Waals surface area contributed by atoms with Crippen LogP contribution in [0.2, 0.25) is 0 Å². The Bertz CT molecular complexity index is 711. The van der Waals surface area contributed by atoms with Crippen molar-refractivity contribution in [2.45, 2.75) is 90.1 Å². The third-order valence-corrected chi connectivity index (χ3v) is 6.52. The standard InChI is InChI=1S/C22H36N6O2/c1-17-23-21(29-25-17)19-11-5-9-15-27(19)13-7-3-4-8-14-28-16-10-6-12-20(28)22-24-18(2)26-30-22/h19-20H,3-16H2,1-2H3. The van der Waals surface area contributed by atoms with Crippen LogP contribution in [-0.4, -0.2) is 56.3 Å². The highest BCUT2D eigenvalue weighted by Gasteiger charge is 2.29. The lowest BCUT2D eigenvalue weighted by atomic mass is 10.0. The lowest BCUT2D eigenvalue weighted by Crippen LogP contribution is -2.35. The molecule has 8 nitrogen and oxygen atoms in total. The van der Waals surface area contributed by atoms with E-state index in [9.17, 15) is 0 Å². The second-order valence-electron chi connectivity index (χ2n) is 8.87. The van der Waals surface area contributed by atoms with E-state index in [1.165, 1.54) is 51.4 Å². The molecule has 166 valence electrons. The van der Waals surface area contributed by atoms with Crippen molar-refractivity contribution in [3.63, 3.8) is 0 Å². The normalized spacial score (nSPS) is 23.8. The molecule has 30 heavy (non-hydrogen) atoms. The maximum absolute atomic E-state index is 5.47. The van der Waals surface area contributed by atoms with Crippen LogP contribution in [0, 0.1) is 13.8 Å². The van der Waals surface area contributed by atoms with Gasteiger partial charge in [0.2, 0.25) is 11.8 Å². The third kappa shape index (κ3) is 5.46. The topological polar surface area (TPSA) is 84.3 Å². The fourth-order valence-corrected chi connectivity index (χ4v) is 4.96. The Kier molecular flexibility index (Phi) is 7.49. The number of hydrogen-bond acceptors (Lipinski definition) is 8. The fraction of sp³-hybridized carbons (Fsp3) is 0.818. The molecule has 0 amide bonds. The predicted octanol–water partition coefficient (Wildman–Crippen LogP) is 4.38. The van der Waals surface area contributed by atoms with Crippen molar-refractivity contribution in [1.82, 2.24) is 30.1 Å². The summed E-state index contributed by atoms with van der Waals surface area (Å²) in [4.78, 5) is 14.1. The Hall–Kier alpha value is -1.80. The van der Waals surface area contributed by atoms with Gasteiger partial charge in [-0.2, -0.15) is 9.97 Å². The second kappa shape index (κ2) is 10.5. The highest BCUT2D eigenvalue weighted by atomic mass is 16.5. The lowest BCUT2D eigenvalue weighted by molar-refractivity contribution is 0.112. The van der Waals surface area contributed by atoms with Crippen LogP contribution in [0.15, 0.2) is 9.05 Å². The molecule has 2 aliphatic heterocycles. The number of aromatic nitrogens is 4. The van der Waals surface area contributed by atoms with Gasteiger partial charge in [-0.15, -0.1) is 0 Å². The summed E-state index contributed by atoms with van der Waals surface area (Å²) in [6.07, 6.45) is 12.3. The molecule has 2 aromatic heterocycles. The minimum atomic E-state index is 0.312. The molecular weight excluding hydrogens is 380 g/mol. The van der Waals surface area contributed by atoms with Gasteiger partial charge in [-0.1, -0.05) is 36.0 Å². The highest BCUT2D eigenvalue weighted by molar-refractivity contribution is 4.95. The van der Waals surface area contributed by atoms with Gasteiger partial charge in [-0.3, -0.25) is 9.80 Å². The molecule has 0 aromatic carbocycles. The van der Waals surface area contributed by atoms with Crippen LogP contribution in [0.4, 0.5) is 0 Å². The Morgan fingerprint density at radius 1 is 0.700 bits per heavy atom. The van der Waals surface area contributed by atoms with Crippen LogP contribution in [-0.2, 0) is 0 Å². The van der Waals surface area contributed by atoms with Gasteiger partial charge in [0.05, 0.1) is 12.1 Å². The van der Waals surface area contributed by atoms with Gasteiger partial charge < -0.3 is 9.05 Å². The number of nitrogens with zero attached hydrogens (tertiary/aromatic N) is 6. The summed E-state index contributed by atoms with van der Waals surface area (Å²) < 4.78 is 10.9. The summed E-state index contributed by atoms with van der Waals surface area (Å²) in [5, 5.41) is 7.98. The maximum atomic E-state index is 5.47. The van der Waals surface area contributed by atoms with Crippen LogP contribution in [0.5, 0.6) is 0 Å². The fourth-order valence-electron chi connectivity index (χ4n) is 4.96. The molecule has 0 radical (unpaired) electrons. The number of piperidine rings is 2. The van der Waals surface area contributed by atoms with Crippen LogP contribution in [0.3, 0.4) is 0 Å².